The summed E-state index contributed by atoms with van der Waals surface area (Å²) in [5.41, 5.74) is 2.69. The van der Waals surface area contributed by atoms with Crippen molar-refractivity contribution in [3.8, 4) is 0 Å². The molecule has 0 unspecified atom stereocenters. The maximum Gasteiger partial charge on any atom is 0.263 e. The number of nitrogens with zero attached hydrogens (tertiary/aromatic N) is 1. The Hall–Kier alpha value is -1.86. The second-order valence-electron chi connectivity index (χ2n) is 8.39. The molecule has 0 atom stereocenters. The molecule has 1 amide bonds. The Morgan fingerprint density at radius 1 is 1.17 bits per heavy atom. The van der Waals surface area contributed by atoms with Gasteiger partial charge in [0.05, 0.1) is 4.88 Å². The predicted molar refractivity (Wildman–Crippen MR) is 129 cm³/mol. The number of amides is 1. The number of thiophene rings is 1. The summed E-state index contributed by atoms with van der Waals surface area (Å²) in [4.78, 5) is 16.9. The van der Waals surface area contributed by atoms with Crippen molar-refractivity contribution in [1.82, 2.24) is 10.2 Å². The molecule has 160 valence electrons. The van der Waals surface area contributed by atoms with E-state index in [0.29, 0.717) is 5.92 Å². The number of carbonyl (C=O) groups is 1. The van der Waals surface area contributed by atoms with E-state index in [1.165, 1.54) is 22.5 Å². The molecule has 1 aliphatic heterocycles. The van der Waals surface area contributed by atoms with Crippen LogP contribution < -0.4 is 5.32 Å². The third kappa shape index (κ3) is 4.42. The van der Waals surface area contributed by atoms with Crippen molar-refractivity contribution in [2.45, 2.75) is 30.2 Å². The molecule has 0 radical (unpaired) electrons. The number of rotatable bonds is 5. The molecule has 4 rings (SSSR count). The highest BCUT2D eigenvalue weighted by molar-refractivity contribution is 8.28. The molecule has 0 bridgehead atoms. The van der Waals surface area contributed by atoms with Crippen LogP contribution in [0, 0.1) is 0 Å². The Morgan fingerprint density at radius 3 is 2.60 bits per heavy atom. The van der Waals surface area contributed by atoms with Crippen LogP contribution in [0.5, 0.6) is 0 Å². The van der Waals surface area contributed by atoms with Crippen molar-refractivity contribution in [2.24, 2.45) is 0 Å². The van der Waals surface area contributed by atoms with Crippen LogP contribution in [-0.2, 0) is 6.54 Å². The van der Waals surface area contributed by atoms with Crippen molar-refractivity contribution in [2.75, 3.05) is 32.6 Å². The van der Waals surface area contributed by atoms with Crippen LogP contribution >= 0.6 is 21.6 Å². The Kier molecular flexibility index (Phi) is 6.21. The number of carbonyl (C=O) groups excluding carboxylic acids is 1. The molecule has 1 aliphatic rings. The zero-order chi connectivity index (χ0) is 21.3. The minimum absolute atomic E-state index is 0.121. The summed E-state index contributed by atoms with van der Waals surface area (Å²) in [5, 5.41) is 4.23. The SMILES string of the molecule is CNCc1cccc(C2CCN(C(=O)c3cc4c(S(C)(C)O)cccc4s3)CC2)c1. The lowest BCUT2D eigenvalue weighted by Crippen LogP contribution is -2.37. The number of hydrogen-bond acceptors (Lipinski definition) is 4. The van der Waals surface area contributed by atoms with Crippen LogP contribution in [0.4, 0.5) is 0 Å². The first kappa shape index (κ1) is 21.4. The molecular formula is C24H30N2O2S2. The fourth-order valence-electron chi connectivity index (χ4n) is 4.31. The maximum atomic E-state index is 13.2. The number of likely N-dealkylation sites (tertiary alicyclic amines) is 1. The Labute approximate surface area is 184 Å². The minimum Gasteiger partial charge on any atom is -0.348 e. The van der Waals surface area contributed by atoms with Crippen LogP contribution in [0.15, 0.2) is 53.4 Å². The molecule has 1 saturated heterocycles. The quantitative estimate of drug-likeness (QED) is 0.546. The van der Waals surface area contributed by atoms with Crippen molar-refractivity contribution in [3.05, 3.63) is 64.5 Å². The average Bonchev–Trinajstić information content (AvgIpc) is 3.17. The molecule has 6 heteroatoms. The molecule has 0 spiro atoms. The van der Waals surface area contributed by atoms with E-state index in [0.717, 1.165) is 52.3 Å². The molecule has 4 nitrogen and oxygen atoms in total. The zero-order valence-electron chi connectivity index (χ0n) is 17.9. The summed E-state index contributed by atoms with van der Waals surface area (Å²) in [5.74, 6) is 0.633. The van der Waals surface area contributed by atoms with Gasteiger partial charge in [-0.1, -0.05) is 30.3 Å². The fraction of sp³-hybridized carbons (Fsp3) is 0.375. The lowest BCUT2D eigenvalue weighted by atomic mass is 9.88. The minimum atomic E-state index is -1.84. The molecular weight excluding hydrogens is 412 g/mol. The molecule has 2 aromatic carbocycles. The molecule has 1 fully saturated rings. The van der Waals surface area contributed by atoms with Gasteiger partial charge >= 0.3 is 0 Å². The molecule has 30 heavy (non-hydrogen) atoms. The fourth-order valence-corrected chi connectivity index (χ4v) is 6.55. The highest BCUT2D eigenvalue weighted by Gasteiger charge is 2.26. The van der Waals surface area contributed by atoms with Crippen LogP contribution in [-0.4, -0.2) is 48.0 Å². The molecule has 3 aromatic rings. The Balaban J connectivity index is 1.48. The van der Waals surface area contributed by atoms with Crippen molar-refractivity contribution in [1.29, 1.82) is 0 Å². The zero-order valence-corrected chi connectivity index (χ0v) is 19.5. The molecule has 2 heterocycles. The van der Waals surface area contributed by atoms with Gasteiger partial charge in [-0.15, -0.1) is 21.6 Å². The topological polar surface area (TPSA) is 52.6 Å². The normalized spacial score (nSPS) is 16.2. The summed E-state index contributed by atoms with van der Waals surface area (Å²) < 4.78 is 11.6. The molecule has 2 N–H and O–H groups in total. The monoisotopic (exact) mass is 442 g/mol. The van der Waals surface area contributed by atoms with Crippen LogP contribution in [0.3, 0.4) is 0 Å². The van der Waals surface area contributed by atoms with E-state index in [1.54, 1.807) is 0 Å². The third-order valence-electron chi connectivity index (χ3n) is 5.86. The largest absolute Gasteiger partial charge is 0.348 e. The second kappa shape index (κ2) is 8.71. The van der Waals surface area contributed by atoms with Gasteiger partial charge in [0.15, 0.2) is 0 Å². The third-order valence-corrected chi connectivity index (χ3v) is 8.38. The van der Waals surface area contributed by atoms with E-state index in [1.807, 2.05) is 48.7 Å². The Bertz CT molecular complexity index is 1050. The van der Waals surface area contributed by atoms with Gasteiger partial charge in [-0.25, -0.2) is 0 Å². The van der Waals surface area contributed by atoms with Crippen molar-refractivity contribution >= 4 is 37.6 Å². The summed E-state index contributed by atoms with van der Waals surface area (Å²) in [6, 6.07) is 16.8. The van der Waals surface area contributed by atoms with Gasteiger partial charge in [0.1, 0.15) is 0 Å². The predicted octanol–water partition coefficient (Wildman–Crippen LogP) is 5.54. The van der Waals surface area contributed by atoms with Gasteiger partial charge in [-0.2, -0.15) is 0 Å². The van der Waals surface area contributed by atoms with E-state index in [9.17, 15) is 9.35 Å². The van der Waals surface area contributed by atoms with Gasteiger partial charge in [-0.05, 0) is 67.6 Å². The number of nitrogens with one attached hydrogen (secondary N) is 1. The first-order chi connectivity index (χ1) is 14.4. The van der Waals surface area contributed by atoms with E-state index in [-0.39, 0.29) is 5.91 Å². The van der Waals surface area contributed by atoms with Gasteiger partial charge in [0.25, 0.3) is 5.91 Å². The van der Waals surface area contributed by atoms with Crippen molar-refractivity contribution in [3.63, 3.8) is 0 Å². The molecule has 1 aromatic heterocycles. The van der Waals surface area contributed by atoms with Gasteiger partial charge in [0, 0.05) is 34.6 Å². The lowest BCUT2D eigenvalue weighted by Gasteiger charge is -2.32. The van der Waals surface area contributed by atoms with Crippen LogP contribution in [0.1, 0.15) is 39.6 Å². The summed E-state index contributed by atoms with van der Waals surface area (Å²) >= 11 is 1.54. The maximum absolute atomic E-state index is 13.2. The summed E-state index contributed by atoms with van der Waals surface area (Å²) in [6.45, 7) is 2.46. The van der Waals surface area contributed by atoms with Gasteiger partial charge in [-0.3, -0.25) is 4.79 Å². The first-order valence-corrected chi connectivity index (χ1v) is 13.6. The smallest absolute Gasteiger partial charge is 0.263 e. The molecule has 0 saturated carbocycles. The first-order valence-electron chi connectivity index (χ1n) is 10.4. The van der Waals surface area contributed by atoms with E-state index >= 15 is 0 Å². The Morgan fingerprint density at radius 2 is 1.90 bits per heavy atom. The average molecular weight is 443 g/mol. The van der Waals surface area contributed by atoms with E-state index in [4.69, 9.17) is 0 Å². The highest BCUT2D eigenvalue weighted by Crippen LogP contribution is 2.49. The number of piperidine rings is 1. The summed E-state index contributed by atoms with van der Waals surface area (Å²) in [6.07, 6.45) is 5.74. The number of benzene rings is 2. The van der Waals surface area contributed by atoms with Gasteiger partial charge in [0.2, 0.25) is 0 Å². The van der Waals surface area contributed by atoms with Crippen LogP contribution in [0.25, 0.3) is 10.1 Å². The summed E-state index contributed by atoms with van der Waals surface area (Å²) in [7, 11) is 0.134. The van der Waals surface area contributed by atoms with Gasteiger partial charge < -0.3 is 14.8 Å². The highest BCUT2D eigenvalue weighted by atomic mass is 32.3. The number of fused-ring (bicyclic) bond motifs is 1. The lowest BCUT2D eigenvalue weighted by molar-refractivity contribution is 0.0718. The second-order valence-corrected chi connectivity index (χ2v) is 12.5. The van der Waals surface area contributed by atoms with Crippen LogP contribution in [0.2, 0.25) is 0 Å². The standard InChI is InChI=1S/C24H30N2O2S2/c1-25-16-17-6-4-7-19(14-17)18-10-12-26(13-11-18)24(27)22-15-20-21(29-22)8-5-9-23(20)30(2,3)28/h4-9,14-15,18,25,28H,10-13,16H2,1-3H3. The number of hydrogen-bond donors (Lipinski definition) is 2. The molecule has 0 aliphatic carbocycles. The van der Waals surface area contributed by atoms with Crippen molar-refractivity contribution < 1.29 is 9.35 Å². The van der Waals surface area contributed by atoms with E-state index < -0.39 is 10.3 Å². The van der Waals surface area contributed by atoms with E-state index in [2.05, 4.69) is 29.6 Å².